The summed E-state index contributed by atoms with van der Waals surface area (Å²) < 4.78 is 16.5. The average molecular weight is 451 g/mol. The predicted octanol–water partition coefficient (Wildman–Crippen LogP) is 3.85. The van der Waals surface area contributed by atoms with Crippen LogP contribution in [0.2, 0.25) is 0 Å². The predicted molar refractivity (Wildman–Crippen MR) is 127 cm³/mol. The first kappa shape index (κ1) is 22.5. The number of nitrogens with one attached hydrogen (secondary N) is 1. The number of carbonyl (C=O) groups is 1. The lowest BCUT2D eigenvalue weighted by Gasteiger charge is -2.34. The molecular formula is C25H30N4O4. The Bertz CT molecular complexity index is 1070. The van der Waals surface area contributed by atoms with Gasteiger partial charge in [0.05, 0.1) is 26.0 Å². The molecular weight excluding hydrogens is 420 g/mol. The third-order valence-electron chi connectivity index (χ3n) is 5.65. The Morgan fingerprint density at radius 2 is 1.64 bits per heavy atom. The number of carbonyl (C=O) groups excluding carboxylic acids is 1. The number of amides is 1. The van der Waals surface area contributed by atoms with Gasteiger partial charge >= 0.3 is 0 Å². The fourth-order valence-corrected chi connectivity index (χ4v) is 3.90. The fraction of sp³-hybridized carbons (Fsp3) is 0.360. The smallest absolute Gasteiger partial charge is 0.254 e. The number of benzene rings is 2. The number of H-pyrrole nitrogens is 1. The van der Waals surface area contributed by atoms with Gasteiger partial charge in [-0.3, -0.25) is 9.89 Å². The number of anilines is 1. The SMILES string of the molecule is CCOc1ccc(C(=O)N2CCN(c3cc(-c4ccc(OC)cc4)[nH]n3)CC2)cc1OCC. The second-order valence-corrected chi connectivity index (χ2v) is 7.68. The van der Waals surface area contributed by atoms with Gasteiger partial charge in [0.2, 0.25) is 0 Å². The summed E-state index contributed by atoms with van der Waals surface area (Å²) in [6, 6.07) is 15.3. The van der Waals surface area contributed by atoms with Crippen molar-refractivity contribution in [2.45, 2.75) is 13.8 Å². The van der Waals surface area contributed by atoms with E-state index in [9.17, 15) is 4.79 Å². The Kier molecular flexibility index (Phi) is 7.02. The van der Waals surface area contributed by atoms with Gasteiger partial charge in [-0.1, -0.05) is 0 Å². The molecule has 8 nitrogen and oxygen atoms in total. The van der Waals surface area contributed by atoms with Crippen LogP contribution in [0.15, 0.2) is 48.5 Å². The van der Waals surface area contributed by atoms with Gasteiger partial charge in [-0.15, -0.1) is 0 Å². The molecule has 174 valence electrons. The maximum atomic E-state index is 13.1. The average Bonchev–Trinajstić information content (AvgIpc) is 3.35. The number of hydrogen-bond donors (Lipinski definition) is 1. The van der Waals surface area contributed by atoms with Crippen LogP contribution in [-0.2, 0) is 0 Å². The van der Waals surface area contributed by atoms with Crippen LogP contribution < -0.4 is 19.1 Å². The first-order valence-electron chi connectivity index (χ1n) is 11.3. The minimum atomic E-state index is -0.000369. The zero-order valence-corrected chi connectivity index (χ0v) is 19.3. The molecule has 33 heavy (non-hydrogen) atoms. The van der Waals surface area contributed by atoms with Gasteiger partial charge in [-0.05, 0) is 61.9 Å². The molecule has 0 saturated carbocycles. The van der Waals surface area contributed by atoms with Gasteiger partial charge in [0, 0.05) is 37.8 Å². The highest BCUT2D eigenvalue weighted by Crippen LogP contribution is 2.29. The minimum absolute atomic E-state index is 0.000369. The summed E-state index contributed by atoms with van der Waals surface area (Å²) >= 11 is 0. The summed E-state index contributed by atoms with van der Waals surface area (Å²) in [7, 11) is 1.65. The van der Waals surface area contributed by atoms with Gasteiger partial charge in [0.15, 0.2) is 17.3 Å². The summed E-state index contributed by atoms with van der Waals surface area (Å²) in [5.41, 5.74) is 2.60. The summed E-state index contributed by atoms with van der Waals surface area (Å²) in [5, 5.41) is 7.59. The lowest BCUT2D eigenvalue weighted by molar-refractivity contribution is 0.0746. The molecule has 1 aliphatic heterocycles. The first-order valence-corrected chi connectivity index (χ1v) is 11.3. The van der Waals surface area contributed by atoms with E-state index in [1.807, 2.05) is 55.1 Å². The second-order valence-electron chi connectivity index (χ2n) is 7.68. The molecule has 0 unspecified atom stereocenters. The standard InChI is InChI=1S/C25H30N4O4/c1-4-32-22-11-8-19(16-23(22)33-5-2)25(30)29-14-12-28(13-15-29)24-17-21(26-27-24)18-6-9-20(31-3)10-7-18/h6-11,16-17H,4-5,12-15H2,1-3H3,(H,26,27). The molecule has 1 amide bonds. The quantitative estimate of drug-likeness (QED) is 0.562. The number of aromatic amines is 1. The molecule has 1 fully saturated rings. The maximum absolute atomic E-state index is 13.1. The number of piperazine rings is 1. The van der Waals surface area contributed by atoms with Crippen molar-refractivity contribution in [2.75, 3.05) is 51.4 Å². The van der Waals surface area contributed by atoms with Crippen LogP contribution in [0, 0.1) is 0 Å². The van der Waals surface area contributed by atoms with Crippen molar-refractivity contribution in [3.63, 3.8) is 0 Å². The van der Waals surface area contributed by atoms with Gasteiger partial charge < -0.3 is 24.0 Å². The Morgan fingerprint density at radius 3 is 2.30 bits per heavy atom. The van der Waals surface area contributed by atoms with E-state index >= 15 is 0 Å². The molecule has 8 heteroatoms. The van der Waals surface area contributed by atoms with Crippen molar-refractivity contribution in [3.05, 3.63) is 54.1 Å². The molecule has 0 radical (unpaired) electrons. The molecule has 0 aliphatic carbocycles. The number of aromatic nitrogens is 2. The summed E-state index contributed by atoms with van der Waals surface area (Å²) in [6.45, 7) is 7.58. The molecule has 1 aliphatic rings. The number of rotatable bonds is 8. The monoisotopic (exact) mass is 450 g/mol. The highest BCUT2D eigenvalue weighted by Gasteiger charge is 2.24. The Labute approximate surface area is 194 Å². The molecule has 2 aromatic carbocycles. The van der Waals surface area contributed by atoms with Crippen LogP contribution >= 0.6 is 0 Å². The molecule has 1 aromatic heterocycles. The van der Waals surface area contributed by atoms with Gasteiger partial charge in [-0.25, -0.2) is 0 Å². The van der Waals surface area contributed by atoms with Crippen LogP contribution in [0.1, 0.15) is 24.2 Å². The van der Waals surface area contributed by atoms with Gasteiger partial charge in [0.25, 0.3) is 5.91 Å². The highest BCUT2D eigenvalue weighted by atomic mass is 16.5. The van der Waals surface area contributed by atoms with Crippen molar-refractivity contribution in [2.24, 2.45) is 0 Å². The summed E-state index contributed by atoms with van der Waals surface area (Å²) in [4.78, 5) is 17.2. The highest BCUT2D eigenvalue weighted by molar-refractivity contribution is 5.95. The van der Waals surface area contributed by atoms with Gasteiger partial charge in [0.1, 0.15) is 5.75 Å². The zero-order valence-electron chi connectivity index (χ0n) is 19.3. The van der Waals surface area contributed by atoms with Crippen molar-refractivity contribution in [3.8, 4) is 28.5 Å². The summed E-state index contributed by atoms with van der Waals surface area (Å²) in [5.74, 6) is 2.96. The Hall–Kier alpha value is -3.68. The molecule has 0 atom stereocenters. The normalized spacial score (nSPS) is 13.7. The molecule has 1 saturated heterocycles. The largest absolute Gasteiger partial charge is 0.497 e. The topological polar surface area (TPSA) is 79.9 Å². The van der Waals surface area contributed by atoms with Gasteiger partial charge in [-0.2, -0.15) is 5.10 Å². The van der Waals surface area contributed by atoms with E-state index in [4.69, 9.17) is 14.2 Å². The van der Waals surface area contributed by atoms with Crippen LogP contribution in [0.4, 0.5) is 5.82 Å². The molecule has 0 spiro atoms. The number of ether oxygens (including phenoxy) is 3. The van der Waals surface area contributed by atoms with E-state index < -0.39 is 0 Å². The van der Waals surface area contributed by atoms with Crippen molar-refractivity contribution >= 4 is 11.7 Å². The number of nitrogens with zero attached hydrogens (tertiary/aromatic N) is 3. The van der Waals surface area contributed by atoms with E-state index in [0.717, 1.165) is 22.8 Å². The minimum Gasteiger partial charge on any atom is -0.497 e. The van der Waals surface area contributed by atoms with E-state index in [0.29, 0.717) is 56.5 Å². The molecule has 4 rings (SSSR count). The fourth-order valence-electron chi connectivity index (χ4n) is 3.90. The Balaban J connectivity index is 1.39. The third kappa shape index (κ3) is 5.05. The molecule has 0 bridgehead atoms. The lowest BCUT2D eigenvalue weighted by atomic mass is 10.1. The first-order chi connectivity index (χ1) is 16.1. The van der Waals surface area contributed by atoms with E-state index in [-0.39, 0.29) is 5.91 Å². The van der Waals surface area contributed by atoms with Crippen LogP contribution in [0.5, 0.6) is 17.2 Å². The molecule has 3 aromatic rings. The zero-order chi connectivity index (χ0) is 23.2. The Morgan fingerprint density at radius 1 is 0.939 bits per heavy atom. The van der Waals surface area contributed by atoms with E-state index in [1.165, 1.54) is 0 Å². The number of hydrogen-bond acceptors (Lipinski definition) is 6. The molecule has 2 heterocycles. The summed E-state index contributed by atoms with van der Waals surface area (Å²) in [6.07, 6.45) is 0. The van der Waals surface area contributed by atoms with Crippen LogP contribution in [0.25, 0.3) is 11.3 Å². The number of methoxy groups -OCH3 is 1. The van der Waals surface area contributed by atoms with Crippen LogP contribution in [-0.4, -0.2) is 67.5 Å². The molecule has 1 N–H and O–H groups in total. The van der Waals surface area contributed by atoms with E-state index in [2.05, 4.69) is 15.1 Å². The van der Waals surface area contributed by atoms with Crippen molar-refractivity contribution in [1.29, 1.82) is 0 Å². The second kappa shape index (κ2) is 10.3. The maximum Gasteiger partial charge on any atom is 0.254 e. The van der Waals surface area contributed by atoms with E-state index in [1.54, 1.807) is 19.2 Å². The lowest BCUT2D eigenvalue weighted by Crippen LogP contribution is -2.49. The van der Waals surface area contributed by atoms with Crippen LogP contribution in [0.3, 0.4) is 0 Å². The van der Waals surface area contributed by atoms with Crippen molar-refractivity contribution in [1.82, 2.24) is 15.1 Å². The third-order valence-corrected chi connectivity index (χ3v) is 5.65. The van der Waals surface area contributed by atoms with Crippen molar-refractivity contribution < 1.29 is 19.0 Å².